The Bertz CT molecular complexity index is 550. The van der Waals surface area contributed by atoms with E-state index in [2.05, 4.69) is 9.97 Å². The number of rotatable bonds is 6. The Morgan fingerprint density at radius 2 is 2.26 bits per heavy atom. The first-order valence-electron chi connectivity index (χ1n) is 7.43. The molecule has 0 bridgehead atoms. The standard InChI is InChI=1S/C14H19ClF2N4O2/c1-2-23-11(22)3-4-20-5-6-21(8-10(20)7-16)14-12(17)13(15)18-9-19-14/h9-10H,2-8H2,1H3/t10-/m0/s1. The summed E-state index contributed by atoms with van der Waals surface area (Å²) in [5.41, 5.74) is 0. The number of piperazine rings is 1. The number of nitrogens with zero attached hydrogens (tertiary/aromatic N) is 4. The van der Waals surface area contributed by atoms with Crippen LogP contribution in [-0.2, 0) is 9.53 Å². The zero-order valence-corrected chi connectivity index (χ0v) is 13.6. The van der Waals surface area contributed by atoms with Crippen LogP contribution in [0.25, 0.3) is 0 Å². The Morgan fingerprint density at radius 3 is 2.96 bits per heavy atom. The molecule has 1 aromatic rings. The Kier molecular flexibility index (Phi) is 6.47. The van der Waals surface area contributed by atoms with Gasteiger partial charge in [0.15, 0.2) is 11.0 Å². The molecule has 0 N–H and O–H groups in total. The second kappa shape index (κ2) is 8.35. The van der Waals surface area contributed by atoms with Crippen molar-refractivity contribution >= 4 is 23.4 Å². The molecule has 1 fully saturated rings. The van der Waals surface area contributed by atoms with Crippen LogP contribution in [0.15, 0.2) is 6.33 Å². The average molecular weight is 349 g/mol. The van der Waals surface area contributed by atoms with Gasteiger partial charge < -0.3 is 9.64 Å². The molecule has 0 saturated carbocycles. The van der Waals surface area contributed by atoms with E-state index in [1.54, 1.807) is 11.8 Å². The van der Waals surface area contributed by atoms with Crippen LogP contribution in [0.1, 0.15) is 13.3 Å². The number of hydrogen-bond donors (Lipinski definition) is 0. The van der Waals surface area contributed by atoms with Crippen molar-refractivity contribution < 1.29 is 18.3 Å². The third-order valence-corrected chi connectivity index (χ3v) is 3.98. The number of hydrogen-bond acceptors (Lipinski definition) is 6. The lowest BCUT2D eigenvalue weighted by molar-refractivity contribution is -0.143. The highest BCUT2D eigenvalue weighted by molar-refractivity contribution is 6.29. The molecule has 6 nitrogen and oxygen atoms in total. The van der Waals surface area contributed by atoms with E-state index in [0.717, 1.165) is 0 Å². The number of anilines is 1. The maximum atomic E-state index is 14.0. The lowest BCUT2D eigenvalue weighted by Gasteiger charge is -2.40. The summed E-state index contributed by atoms with van der Waals surface area (Å²) in [7, 11) is 0. The molecule has 0 aromatic carbocycles. The molecule has 128 valence electrons. The summed E-state index contributed by atoms with van der Waals surface area (Å²) >= 11 is 5.66. The number of aromatic nitrogens is 2. The van der Waals surface area contributed by atoms with Crippen molar-refractivity contribution in [2.45, 2.75) is 19.4 Å². The largest absolute Gasteiger partial charge is 0.466 e. The third-order valence-electron chi connectivity index (χ3n) is 3.72. The second-order valence-electron chi connectivity index (χ2n) is 5.15. The topological polar surface area (TPSA) is 58.6 Å². The van der Waals surface area contributed by atoms with E-state index < -0.39 is 18.5 Å². The zero-order chi connectivity index (χ0) is 16.8. The van der Waals surface area contributed by atoms with Crippen molar-refractivity contribution in [3.05, 3.63) is 17.3 Å². The molecule has 2 heterocycles. The second-order valence-corrected chi connectivity index (χ2v) is 5.51. The van der Waals surface area contributed by atoms with Crippen LogP contribution < -0.4 is 4.90 Å². The summed E-state index contributed by atoms with van der Waals surface area (Å²) in [6.07, 6.45) is 1.39. The third kappa shape index (κ3) is 4.48. The van der Waals surface area contributed by atoms with E-state index in [-0.39, 0.29) is 29.9 Å². The van der Waals surface area contributed by atoms with Gasteiger partial charge in [0.1, 0.15) is 13.0 Å². The molecule has 1 aromatic heterocycles. The van der Waals surface area contributed by atoms with Gasteiger partial charge in [0.25, 0.3) is 0 Å². The van der Waals surface area contributed by atoms with Gasteiger partial charge in [-0.15, -0.1) is 0 Å². The van der Waals surface area contributed by atoms with Crippen LogP contribution >= 0.6 is 11.6 Å². The Labute approximate surface area is 138 Å². The normalized spacial score (nSPS) is 19.0. The van der Waals surface area contributed by atoms with Crippen LogP contribution in [0, 0.1) is 5.82 Å². The van der Waals surface area contributed by atoms with Crippen LogP contribution in [0.2, 0.25) is 5.15 Å². The molecule has 0 spiro atoms. The van der Waals surface area contributed by atoms with Gasteiger partial charge in [-0.1, -0.05) is 11.6 Å². The quantitative estimate of drug-likeness (QED) is 0.576. The highest BCUT2D eigenvalue weighted by Gasteiger charge is 2.29. The van der Waals surface area contributed by atoms with E-state index in [1.807, 2.05) is 4.90 Å². The Balaban J connectivity index is 1.98. The van der Waals surface area contributed by atoms with Crippen molar-refractivity contribution in [3.8, 4) is 0 Å². The van der Waals surface area contributed by atoms with Gasteiger partial charge in [-0.25, -0.2) is 14.4 Å². The summed E-state index contributed by atoms with van der Waals surface area (Å²) in [5.74, 6) is -0.929. The zero-order valence-electron chi connectivity index (χ0n) is 12.8. The van der Waals surface area contributed by atoms with Gasteiger partial charge in [0.2, 0.25) is 5.82 Å². The van der Waals surface area contributed by atoms with Crippen LogP contribution in [0.4, 0.5) is 14.6 Å². The van der Waals surface area contributed by atoms with Gasteiger partial charge in [0.05, 0.1) is 19.1 Å². The lowest BCUT2D eigenvalue weighted by atomic mass is 10.1. The Morgan fingerprint density at radius 1 is 1.48 bits per heavy atom. The first kappa shape index (κ1) is 17.8. The molecule has 1 saturated heterocycles. The molecule has 0 aliphatic carbocycles. The monoisotopic (exact) mass is 348 g/mol. The summed E-state index contributed by atoms with van der Waals surface area (Å²) in [5, 5.41) is -0.253. The minimum absolute atomic E-state index is 0.0773. The van der Waals surface area contributed by atoms with Gasteiger partial charge in [-0.05, 0) is 6.92 Å². The molecular formula is C14H19ClF2N4O2. The van der Waals surface area contributed by atoms with Crippen molar-refractivity contribution in [1.82, 2.24) is 14.9 Å². The molecule has 1 atom stereocenters. The first-order chi connectivity index (χ1) is 11.1. The maximum Gasteiger partial charge on any atom is 0.307 e. The van der Waals surface area contributed by atoms with Crippen LogP contribution in [0.3, 0.4) is 0 Å². The van der Waals surface area contributed by atoms with E-state index >= 15 is 0 Å². The Hall–Kier alpha value is -1.54. The molecular weight excluding hydrogens is 330 g/mol. The van der Waals surface area contributed by atoms with Crippen molar-refractivity contribution in [3.63, 3.8) is 0 Å². The molecule has 9 heteroatoms. The van der Waals surface area contributed by atoms with Crippen LogP contribution in [-0.4, -0.2) is 66.3 Å². The molecule has 1 aliphatic heterocycles. The SMILES string of the molecule is CCOC(=O)CCN1CCN(c2ncnc(Cl)c2F)C[C@@H]1CF. The minimum atomic E-state index is -0.702. The maximum absolute atomic E-state index is 14.0. The fourth-order valence-electron chi connectivity index (χ4n) is 2.55. The van der Waals surface area contributed by atoms with Crippen molar-refractivity contribution in [2.24, 2.45) is 0 Å². The van der Waals surface area contributed by atoms with Crippen LogP contribution in [0.5, 0.6) is 0 Å². The van der Waals surface area contributed by atoms with Gasteiger partial charge in [-0.3, -0.25) is 9.69 Å². The number of ether oxygens (including phenoxy) is 1. The minimum Gasteiger partial charge on any atom is -0.466 e. The fourth-order valence-corrected chi connectivity index (χ4v) is 2.68. The number of alkyl halides is 1. The highest BCUT2D eigenvalue weighted by Crippen LogP contribution is 2.24. The predicted octanol–water partition coefficient (Wildman–Crippen LogP) is 1.68. The van der Waals surface area contributed by atoms with E-state index in [9.17, 15) is 13.6 Å². The number of esters is 1. The number of carbonyl (C=O) groups is 1. The summed E-state index contributed by atoms with van der Waals surface area (Å²) < 4.78 is 32.2. The smallest absolute Gasteiger partial charge is 0.307 e. The molecule has 23 heavy (non-hydrogen) atoms. The van der Waals surface area contributed by atoms with Crippen molar-refractivity contribution in [2.75, 3.05) is 44.4 Å². The molecule has 0 amide bonds. The number of halogens is 3. The van der Waals surface area contributed by atoms with Gasteiger partial charge >= 0.3 is 5.97 Å². The summed E-state index contributed by atoms with van der Waals surface area (Å²) in [4.78, 5) is 22.4. The van der Waals surface area contributed by atoms with Crippen molar-refractivity contribution in [1.29, 1.82) is 0 Å². The summed E-state index contributed by atoms with van der Waals surface area (Å²) in [6, 6.07) is -0.439. The summed E-state index contributed by atoms with van der Waals surface area (Å²) in [6.45, 7) is 3.10. The molecule has 2 rings (SSSR count). The highest BCUT2D eigenvalue weighted by atomic mass is 35.5. The lowest BCUT2D eigenvalue weighted by Crippen LogP contribution is -2.55. The average Bonchev–Trinajstić information content (AvgIpc) is 2.55. The first-order valence-corrected chi connectivity index (χ1v) is 7.81. The van der Waals surface area contributed by atoms with E-state index in [0.29, 0.717) is 26.2 Å². The molecule has 0 unspecified atom stereocenters. The predicted molar refractivity (Wildman–Crippen MR) is 81.8 cm³/mol. The van der Waals surface area contributed by atoms with E-state index in [4.69, 9.17) is 16.3 Å². The number of carbonyl (C=O) groups excluding carboxylic acids is 1. The molecule has 0 radical (unpaired) electrons. The fraction of sp³-hybridized carbons (Fsp3) is 0.643. The van der Waals surface area contributed by atoms with Gasteiger partial charge in [-0.2, -0.15) is 4.39 Å². The van der Waals surface area contributed by atoms with E-state index in [1.165, 1.54) is 6.33 Å². The van der Waals surface area contributed by atoms with Gasteiger partial charge in [0, 0.05) is 26.2 Å². The molecule has 1 aliphatic rings.